The minimum atomic E-state index is -0.338. The topological polar surface area (TPSA) is 93.2 Å². The van der Waals surface area contributed by atoms with E-state index in [1.165, 1.54) is 50.6 Å². The van der Waals surface area contributed by atoms with Crippen LogP contribution in [0.2, 0.25) is 0 Å². The monoisotopic (exact) mass is 797 g/mol. The molecule has 3 aliphatic heterocycles. The van der Waals surface area contributed by atoms with Crippen molar-refractivity contribution in [2.45, 2.75) is 43.6 Å². The molecule has 1 aliphatic carbocycles. The van der Waals surface area contributed by atoms with E-state index in [4.69, 9.17) is 9.97 Å². The molecule has 2 aromatic heterocycles. The summed E-state index contributed by atoms with van der Waals surface area (Å²) >= 11 is 1.80. The number of halogens is 1. The van der Waals surface area contributed by atoms with Gasteiger partial charge in [-0.05, 0) is 94.8 Å². The maximum absolute atomic E-state index is 15.4. The number of hydrogen-bond acceptors (Lipinski definition) is 8. The van der Waals surface area contributed by atoms with Crippen LogP contribution in [0.1, 0.15) is 64.5 Å². The van der Waals surface area contributed by atoms with Crippen LogP contribution in [0.5, 0.6) is 0 Å². The first-order valence-electron chi connectivity index (χ1n) is 20.4. The number of rotatable bonds is 8. The van der Waals surface area contributed by atoms with Crippen LogP contribution in [-0.2, 0) is 20.8 Å². The number of aromatic nitrogens is 2. The zero-order valence-electron chi connectivity index (χ0n) is 32.7. The molecule has 3 amide bonds. The second-order valence-electron chi connectivity index (χ2n) is 15.9. The van der Waals surface area contributed by atoms with Crippen molar-refractivity contribution >= 4 is 56.6 Å². The van der Waals surface area contributed by atoms with Gasteiger partial charge in [-0.1, -0.05) is 55.6 Å². The third kappa shape index (κ3) is 7.06. The Balaban J connectivity index is 0.985. The molecule has 9 rings (SSSR count). The first kappa shape index (κ1) is 38.1. The Kier molecular flexibility index (Phi) is 10.5. The van der Waals surface area contributed by atoms with Gasteiger partial charge in [0.15, 0.2) is 0 Å². The summed E-state index contributed by atoms with van der Waals surface area (Å²) in [6.07, 6.45) is 6.39. The minimum absolute atomic E-state index is 0.0561. The molecule has 10 nitrogen and oxygen atoms in total. The highest BCUT2D eigenvalue weighted by atomic mass is 32.1. The Labute approximate surface area is 342 Å². The van der Waals surface area contributed by atoms with Crippen LogP contribution in [-0.4, -0.2) is 113 Å². The molecule has 4 aliphatic rings. The number of anilines is 1. The van der Waals surface area contributed by atoms with Crippen molar-refractivity contribution in [3.63, 3.8) is 0 Å². The standard InChI is InChI=1S/C46H48FN7O3S/c1-3-40(55)50-19-21-52(22-20-50)42(57)29-54-18-16-39-36(17-27-58-39)44(54)35-15-14-32(33-8-5-6-9-34(33)35)30-12-13-31(28-30)45-48-38-11-7-10-37(47)43(38)46(49-45)53-25-23-51(24-26-53)41(56)4-2/h3-11,14-15,17,27,30-31,44H,1-2,12-13,16,18-26,28-29H2. The predicted octanol–water partition coefficient (Wildman–Crippen LogP) is 6.67. The molecule has 2 saturated heterocycles. The van der Waals surface area contributed by atoms with Crippen LogP contribution in [0.3, 0.4) is 0 Å². The Morgan fingerprint density at radius 3 is 2.10 bits per heavy atom. The van der Waals surface area contributed by atoms with E-state index in [1.54, 1.807) is 27.2 Å². The van der Waals surface area contributed by atoms with Crippen molar-refractivity contribution in [1.29, 1.82) is 0 Å². The summed E-state index contributed by atoms with van der Waals surface area (Å²) in [5.74, 6) is 1.34. The molecule has 298 valence electrons. The smallest absolute Gasteiger partial charge is 0.246 e. The number of benzene rings is 3. The van der Waals surface area contributed by atoms with E-state index in [0.29, 0.717) is 81.5 Å². The highest BCUT2D eigenvalue weighted by molar-refractivity contribution is 7.10. The lowest BCUT2D eigenvalue weighted by Gasteiger charge is -2.39. The number of fused-ring (bicyclic) bond motifs is 3. The van der Waals surface area contributed by atoms with Gasteiger partial charge in [-0.3, -0.25) is 19.3 Å². The normalized spacial score (nSPS) is 21.4. The quantitative estimate of drug-likeness (QED) is 0.162. The lowest BCUT2D eigenvalue weighted by molar-refractivity contribution is -0.138. The third-order valence-electron chi connectivity index (χ3n) is 12.8. The van der Waals surface area contributed by atoms with Gasteiger partial charge in [0.05, 0.1) is 23.5 Å². The van der Waals surface area contributed by atoms with Gasteiger partial charge in [-0.25, -0.2) is 14.4 Å². The second kappa shape index (κ2) is 16.1. The summed E-state index contributed by atoms with van der Waals surface area (Å²) in [7, 11) is 0. The van der Waals surface area contributed by atoms with Gasteiger partial charge in [0.2, 0.25) is 17.7 Å². The van der Waals surface area contributed by atoms with E-state index < -0.39 is 0 Å². The summed E-state index contributed by atoms with van der Waals surface area (Å²) in [6, 6.07) is 20.5. The van der Waals surface area contributed by atoms with E-state index in [1.807, 2.05) is 11.0 Å². The second-order valence-corrected chi connectivity index (χ2v) is 16.9. The van der Waals surface area contributed by atoms with E-state index in [2.05, 4.69) is 70.8 Å². The molecule has 5 heterocycles. The molecule has 0 N–H and O–H groups in total. The van der Waals surface area contributed by atoms with Gasteiger partial charge < -0.3 is 19.6 Å². The van der Waals surface area contributed by atoms with E-state index in [-0.39, 0.29) is 35.5 Å². The fourth-order valence-electron chi connectivity index (χ4n) is 9.74. The molecule has 0 radical (unpaired) electrons. The first-order chi connectivity index (χ1) is 28.3. The molecular formula is C46H48FN7O3S. The number of piperazine rings is 2. The Hall–Kier alpha value is -5.46. The SMILES string of the molecule is C=CC(=O)N1CCN(C(=O)CN2CCc3sccc3C2c2ccc(C3CCC(c4nc(N5CCN(C(=O)C=C)CC5)c5c(F)cccc5n4)C3)c3ccccc23)CC1. The van der Waals surface area contributed by atoms with Gasteiger partial charge in [0, 0.05) is 69.7 Å². The highest BCUT2D eigenvalue weighted by Gasteiger charge is 2.36. The average molecular weight is 798 g/mol. The van der Waals surface area contributed by atoms with Gasteiger partial charge in [-0.2, -0.15) is 0 Å². The lowest BCUT2D eigenvalue weighted by atomic mass is 9.85. The lowest BCUT2D eigenvalue weighted by Crippen LogP contribution is -2.53. The van der Waals surface area contributed by atoms with Gasteiger partial charge >= 0.3 is 0 Å². The predicted molar refractivity (Wildman–Crippen MR) is 227 cm³/mol. The third-order valence-corrected chi connectivity index (χ3v) is 13.8. The number of amides is 3. The molecule has 3 fully saturated rings. The van der Waals surface area contributed by atoms with Crippen LogP contribution < -0.4 is 4.90 Å². The van der Waals surface area contributed by atoms with Crippen molar-refractivity contribution < 1.29 is 18.8 Å². The Morgan fingerprint density at radius 2 is 1.38 bits per heavy atom. The summed E-state index contributed by atoms with van der Waals surface area (Å²) in [6.45, 7) is 12.6. The fraction of sp³-hybridized carbons (Fsp3) is 0.370. The van der Waals surface area contributed by atoms with Crippen molar-refractivity contribution in [1.82, 2.24) is 29.6 Å². The first-order valence-corrected chi connectivity index (χ1v) is 21.3. The molecule has 58 heavy (non-hydrogen) atoms. The summed E-state index contributed by atoms with van der Waals surface area (Å²) in [5.41, 5.74) is 4.41. The van der Waals surface area contributed by atoms with Crippen LogP contribution in [0, 0.1) is 5.82 Å². The highest BCUT2D eigenvalue weighted by Crippen LogP contribution is 2.47. The minimum Gasteiger partial charge on any atom is -0.352 e. The van der Waals surface area contributed by atoms with E-state index in [0.717, 1.165) is 38.1 Å². The summed E-state index contributed by atoms with van der Waals surface area (Å²) < 4.78 is 15.4. The molecule has 5 aromatic rings. The summed E-state index contributed by atoms with van der Waals surface area (Å²) in [4.78, 5) is 59.6. The fourth-order valence-corrected chi connectivity index (χ4v) is 10.6. The van der Waals surface area contributed by atoms with Gasteiger partial charge in [0.1, 0.15) is 17.5 Å². The van der Waals surface area contributed by atoms with Crippen molar-refractivity contribution in [3.05, 3.63) is 125 Å². The molecule has 0 bridgehead atoms. The maximum atomic E-state index is 15.4. The summed E-state index contributed by atoms with van der Waals surface area (Å²) in [5, 5.41) is 5.04. The Morgan fingerprint density at radius 1 is 0.724 bits per heavy atom. The van der Waals surface area contributed by atoms with Crippen LogP contribution in [0.15, 0.2) is 91.4 Å². The van der Waals surface area contributed by atoms with E-state index in [9.17, 15) is 14.4 Å². The molecule has 1 saturated carbocycles. The molecule has 3 aromatic carbocycles. The van der Waals surface area contributed by atoms with Crippen LogP contribution in [0.25, 0.3) is 21.7 Å². The van der Waals surface area contributed by atoms with Crippen molar-refractivity contribution in [3.8, 4) is 0 Å². The number of thiophene rings is 1. The number of hydrogen-bond donors (Lipinski definition) is 0. The molecule has 0 spiro atoms. The number of carbonyl (C=O) groups is 3. The zero-order valence-corrected chi connectivity index (χ0v) is 33.5. The molecule has 3 atom stereocenters. The maximum Gasteiger partial charge on any atom is 0.246 e. The molecular weight excluding hydrogens is 750 g/mol. The van der Waals surface area contributed by atoms with Crippen LogP contribution >= 0.6 is 11.3 Å². The van der Waals surface area contributed by atoms with Crippen LogP contribution in [0.4, 0.5) is 10.2 Å². The van der Waals surface area contributed by atoms with Gasteiger partial charge in [0.25, 0.3) is 0 Å². The zero-order chi connectivity index (χ0) is 39.9. The van der Waals surface area contributed by atoms with Crippen molar-refractivity contribution in [2.24, 2.45) is 0 Å². The average Bonchev–Trinajstić information content (AvgIpc) is 3.96. The number of carbonyl (C=O) groups excluding carboxylic acids is 3. The van der Waals surface area contributed by atoms with Gasteiger partial charge in [-0.15, -0.1) is 11.3 Å². The Bertz CT molecular complexity index is 2420. The van der Waals surface area contributed by atoms with Crippen molar-refractivity contribution in [2.75, 3.05) is 70.3 Å². The largest absolute Gasteiger partial charge is 0.352 e. The van der Waals surface area contributed by atoms with E-state index >= 15 is 4.39 Å². The molecule has 12 heteroatoms. The molecule has 3 unspecified atom stereocenters. The number of nitrogens with zero attached hydrogens (tertiary/aromatic N) is 7.